The molecule has 1 aliphatic heterocycles. The summed E-state index contributed by atoms with van der Waals surface area (Å²) >= 11 is 0. The van der Waals surface area contributed by atoms with Crippen molar-refractivity contribution in [3.63, 3.8) is 0 Å². The van der Waals surface area contributed by atoms with E-state index in [2.05, 4.69) is 10.1 Å². The highest BCUT2D eigenvalue weighted by Gasteiger charge is 2.41. The fourth-order valence-corrected chi connectivity index (χ4v) is 3.46. The number of nitrogens with two attached hydrogens (primary N) is 1. The van der Waals surface area contributed by atoms with E-state index in [0.29, 0.717) is 12.8 Å². The Morgan fingerprint density at radius 1 is 1.28 bits per heavy atom. The molecule has 3 amide bonds. The normalized spacial score (nSPS) is 17.7. The SMILES string of the molecule is NC(=O)[C@@H](C(=O)Nc1ccc(N2CCOCC2=O)c(OC(F)F)c1)N(CC(F)F)C1CC1. The van der Waals surface area contributed by atoms with Gasteiger partial charge in [-0.2, -0.15) is 8.78 Å². The van der Waals surface area contributed by atoms with Crippen LogP contribution < -0.4 is 20.7 Å². The number of rotatable bonds is 10. The first kappa shape index (κ1) is 23.7. The first-order valence-corrected chi connectivity index (χ1v) is 9.78. The third-order valence-corrected chi connectivity index (χ3v) is 4.93. The second-order valence-corrected chi connectivity index (χ2v) is 7.27. The number of alkyl halides is 4. The summed E-state index contributed by atoms with van der Waals surface area (Å²) in [6.07, 6.45) is -1.71. The van der Waals surface area contributed by atoms with Gasteiger partial charge in [0.2, 0.25) is 5.91 Å². The predicted octanol–water partition coefficient (Wildman–Crippen LogP) is 1.17. The summed E-state index contributed by atoms with van der Waals surface area (Å²) < 4.78 is 61.3. The Hall–Kier alpha value is -2.93. The van der Waals surface area contributed by atoms with E-state index in [0.717, 1.165) is 11.0 Å². The van der Waals surface area contributed by atoms with E-state index in [1.54, 1.807) is 0 Å². The van der Waals surface area contributed by atoms with Crippen LogP contribution in [-0.2, 0) is 19.1 Å². The molecular weight excluding hydrogens is 440 g/mol. The maximum absolute atomic E-state index is 13.0. The molecule has 0 bridgehead atoms. The highest BCUT2D eigenvalue weighted by molar-refractivity contribution is 6.10. The minimum Gasteiger partial charge on any atom is -0.433 e. The Balaban J connectivity index is 1.84. The van der Waals surface area contributed by atoms with Crippen molar-refractivity contribution in [2.75, 3.05) is 36.5 Å². The summed E-state index contributed by atoms with van der Waals surface area (Å²) in [6, 6.07) is 1.60. The fraction of sp³-hybridized carbons (Fsp3) is 0.526. The zero-order valence-corrected chi connectivity index (χ0v) is 16.8. The van der Waals surface area contributed by atoms with Crippen LogP contribution in [0.3, 0.4) is 0 Å². The lowest BCUT2D eigenvalue weighted by molar-refractivity contribution is -0.133. The molecule has 0 spiro atoms. The monoisotopic (exact) mass is 462 g/mol. The van der Waals surface area contributed by atoms with Crippen molar-refractivity contribution < 1.29 is 41.4 Å². The summed E-state index contributed by atoms with van der Waals surface area (Å²) in [5.74, 6) is -2.96. The van der Waals surface area contributed by atoms with E-state index >= 15 is 0 Å². The maximum Gasteiger partial charge on any atom is 0.387 e. The molecule has 1 saturated heterocycles. The number of morpholine rings is 1. The minimum atomic E-state index is -3.22. The second-order valence-electron chi connectivity index (χ2n) is 7.27. The number of amides is 3. The molecule has 0 aromatic heterocycles. The highest BCUT2D eigenvalue weighted by atomic mass is 19.3. The largest absolute Gasteiger partial charge is 0.433 e. The number of carbonyl (C=O) groups excluding carboxylic acids is 3. The third kappa shape index (κ3) is 5.85. The molecule has 3 N–H and O–H groups in total. The van der Waals surface area contributed by atoms with Gasteiger partial charge in [-0.05, 0) is 25.0 Å². The Morgan fingerprint density at radius 3 is 2.56 bits per heavy atom. The summed E-state index contributed by atoms with van der Waals surface area (Å²) in [7, 11) is 0. The smallest absolute Gasteiger partial charge is 0.387 e. The molecular formula is C19H22F4N4O5. The highest BCUT2D eigenvalue weighted by Crippen LogP contribution is 2.34. The standard InChI is InChI=1S/C19H22F4N4O5/c20-14(21)8-27(11-2-3-11)16(17(24)29)18(30)25-10-1-4-12(13(7-10)32-19(22)23)26-5-6-31-9-15(26)28/h1,4,7,11,14,16,19H,2-3,5-6,8-9H2,(H2,24,29)(H,25,30)/t16-/m0/s1. The van der Waals surface area contributed by atoms with E-state index in [1.165, 1.54) is 17.0 Å². The number of nitrogens with zero attached hydrogens (tertiary/aromatic N) is 2. The summed E-state index contributed by atoms with van der Waals surface area (Å²) in [5.41, 5.74) is 5.29. The van der Waals surface area contributed by atoms with Crippen LogP contribution in [0.15, 0.2) is 18.2 Å². The quantitative estimate of drug-likeness (QED) is 0.399. The summed E-state index contributed by atoms with van der Waals surface area (Å²) in [6.45, 7) is -3.96. The number of nitrogens with one attached hydrogen (secondary N) is 1. The molecule has 9 nitrogen and oxygen atoms in total. The van der Waals surface area contributed by atoms with Crippen LogP contribution in [0.4, 0.5) is 28.9 Å². The van der Waals surface area contributed by atoms with Gasteiger partial charge in [-0.25, -0.2) is 8.78 Å². The number of ether oxygens (including phenoxy) is 2. The molecule has 0 unspecified atom stereocenters. The fourth-order valence-electron chi connectivity index (χ4n) is 3.46. The van der Waals surface area contributed by atoms with Crippen LogP contribution in [0.5, 0.6) is 5.75 Å². The number of carbonyl (C=O) groups is 3. The van der Waals surface area contributed by atoms with Crippen LogP contribution in [0.2, 0.25) is 0 Å². The Kier molecular flexibility index (Phi) is 7.51. The van der Waals surface area contributed by atoms with Crippen molar-refractivity contribution in [3.8, 4) is 5.75 Å². The van der Waals surface area contributed by atoms with E-state index in [4.69, 9.17) is 10.5 Å². The van der Waals surface area contributed by atoms with Gasteiger partial charge in [0.05, 0.1) is 18.8 Å². The lowest BCUT2D eigenvalue weighted by Crippen LogP contribution is -2.54. The van der Waals surface area contributed by atoms with Gasteiger partial charge >= 0.3 is 6.61 Å². The molecule has 1 atom stereocenters. The number of hydrogen-bond acceptors (Lipinski definition) is 6. The van der Waals surface area contributed by atoms with Crippen molar-refractivity contribution in [1.29, 1.82) is 0 Å². The maximum atomic E-state index is 13.0. The van der Waals surface area contributed by atoms with Gasteiger partial charge in [0, 0.05) is 24.3 Å². The summed E-state index contributed by atoms with van der Waals surface area (Å²) in [5, 5.41) is 2.34. The van der Waals surface area contributed by atoms with E-state index < -0.39 is 49.1 Å². The molecule has 32 heavy (non-hydrogen) atoms. The van der Waals surface area contributed by atoms with Crippen LogP contribution in [0.1, 0.15) is 12.8 Å². The zero-order chi connectivity index (χ0) is 23.4. The second kappa shape index (κ2) is 10.1. The van der Waals surface area contributed by atoms with Gasteiger partial charge in [-0.3, -0.25) is 19.3 Å². The molecule has 3 rings (SSSR count). The Bertz CT molecular complexity index is 868. The van der Waals surface area contributed by atoms with E-state index in [-0.39, 0.29) is 37.2 Å². The van der Waals surface area contributed by atoms with Crippen LogP contribution in [-0.4, -0.2) is 74.0 Å². The molecule has 1 aromatic carbocycles. The molecule has 1 aromatic rings. The van der Waals surface area contributed by atoms with Crippen LogP contribution in [0.25, 0.3) is 0 Å². The van der Waals surface area contributed by atoms with Crippen LogP contribution in [0, 0.1) is 0 Å². The predicted molar refractivity (Wildman–Crippen MR) is 104 cm³/mol. The van der Waals surface area contributed by atoms with E-state index in [9.17, 15) is 31.9 Å². The van der Waals surface area contributed by atoms with Crippen LogP contribution >= 0.6 is 0 Å². The molecule has 1 heterocycles. The Labute approximate surface area is 180 Å². The van der Waals surface area contributed by atoms with Gasteiger partial charge in [-0.15, -0.1) is 0 Å². The van der Waals surface area contributed by atoms with Crippen molar-refractivity contribution in [2.45, 2.75) is 38.0 Å². The van der Waals surface area contributed by atoms with Gasteiger partial charge in [0.15, 0.2) is 11.8 Å². The first-order valence-electron chi connectivity index (χ1n) is 9.78. The van der Waals surface area contributed by atoms with Gasteiger partial charge in [0.25, 0.3) is 18.2 Å². The van der Waals surface area contributed by atoms with Gasteiger partial charge in [0.1, 0.15) is 6.61 Å². The van der Waals surface area contributed by atoms with Gasteiger partial charge < -0.3 is 25.4 Å². The number of anilines is 2. The molecule has 13 heteroatoms. The summed E-state index contributed by atoms with van der Waals surface area (Å²) in [4.78, 5) is 38.9. The third-order valence-electron chi connectivity index (χ3n) is 4.93. The van der Waals surface area contributed by atoms with Crippen molar-refractivity contribution in [1.82, 2.24) is 4.90 Å². The Morgan fingerprint density at radius 2 is 2.00 bits per heavy atom. The number of hydrogen-bond donors (Lipinski definition) is 2. The molecule has 1 saturated carbocycles. The van der Waals surface area contributed by atoms with Gasteiger partial charge in [-0.1, -0.05) is 0 Å². The molecule has 2 fully saturated rings. The van der Waals surface area contributed by atoms with Crippen molar-refractivity contribution in [2.24, 2.45) is 5.73 Å². The number of primary amides is 1. The van der Waals surface area contributed by atoms with Crippen molar-refractivity contribution >= 4 is 29.1 Å². The average molecular weight is 462 g/mol. The topological polar surface area (TPSA) is 114 Å². The number of benzene rings is 1. The first-order chi connectivity index (χ1) is 15.2. The average Bonchev–Trinajstić information content (AvgIpc) is 3.52. The molecule has 176 valence electrons. The molecule has 0 radical (unpaired) electrons. The minimum absolute atomic E-state index is 0.0420. The van der Waals surface area contributed by atoms with E-state index in [1.807, 2.05) is 0 Å². The zero-order valence-electron chi connectivity index (χ0n) is 16.8. The number of halogens is 4. The van der Waals surface area contributed by atoms with Crippen molar-refractivity contribution in [3.05, 3.63) is 18.2 Å². The molecule has 2 aliphatic rings. The lowest BCUT2D eigenvalue weighted by atomic mass is 10.1. The molecule has 1 aliphatic carbocycles. The lowest BCUT2D eigenvalue weighted by Gasteiger charge is -2.29.